The Labute approximate surface area is 173 Å². The van der Waals surface area contributed by atoms with Gasteiger partial charge in [0.15, 0.2) is 0 Å². The molecule has 150 valence electrons. The van der Waals surface area contributed by atoms with Crippen molar-refractivity contribution in [3.63, 3.8) is 0 Å². The van der Waals surface area contributed by atoms with Crippen molar-refractivity contribution < 1.29 is 17.6 Å². The zero-order chi connectivity index (χ0) is 21.0. The lowest BCUT2D eigenvalue weighted by Gasteiger charge is -2.23. The van der Waals surface area contributed by atoms with Gasteiger partial charge < -0.3 is 5.32 Å². The highest BCUT2D eigenvalue weighted by Crippen LogP contribution is 2.22. The molecule has 8 heteroatoms. The molecule has 1 amide bonds. The second-order valence-electron chi connectivity index (χ2n) is 6.40. The van der Waals surface area contributed by atoms with Crippen LogP contribution in [0.1, 0.15) is 15.9 Å². The van der Waals surface area contributed by atoms with E-state index < -0.39 is 15.8 Å². The quantitative estimate of drug-likeness (QED) is 0.614. The van der Waals surface area contributed by atoms with Crippen LogP contribution < -0.4 is 9.62 Å². The number of nitrogens with one attached hydrogen (secondary N) is 1. The molecule has 0 aliphatic heterocycles. The number of rotatable bonds is 6. The van der Waals surface area contributed by atoms with Crippen LogP contribution >= 0.6 is 11.6 Å². The third kappa shape index (κ3) is 5.56. The van der Waals surface area contributed by atoms with Gasteiger partial charge in [-0.1, -0.05) is 23.7 Å². The fraction of sp³-hybridized carbons (Fsp3) is 0.0952. The Balaban J connectivity index is 1.79. The molecule has 0 saturated heterocycles. The van der Waals surface area contributed by atoms with Crippen molar-refractivity contribution in [3.8, 4) is 0 Å². The van der Waals surface area contributed by atoms with Crippen LogP contribution in [0.4, 0.5) is 15.8 Å². The molecule has 3 rings (SSSR count). The Morgan fingerprint density at radius 1 is 0.966 bits per heavy atom. The fourth-order valence-electron chi connectivity index (χ4n) is 2.67. The summed E-state index contributed by atoms with van der Waals surface area (Å²) in [5.41, 5.74) is 2.01. The number of amides is 1. The second-order valence-corrected chi connectivity index (χ2v) is 8.75. The molecule has 5 nitrogen and oxygen atoms in total. The van der Waals surface area contributed by atoms with Crippen LogP contribution in [0, 0.1) is 5.82 Å². The first-order valence-electron chi connectivity index (χ1n) is 8.61. The van der Waals surface area contributed by atoms with Crippen LogP contribution in [0.25, 0.3) is 0 Å². The van der Waals surface area contributed by atoms with Crippen LogP contribution in [0.2, 0.25) is 5.02 Å². The molecule has 3 aromatic rings. The molecule has 0 aliphatic rings. The summed E-state index contributed by atoms with van der Waals surface area (Å²) in [5, 5.41) is 3.23. The Hall–Kier alpha value is -2.90. The van der Waals surface area contributed by atoms with Crippen molar-refractivity contribution >= 4 is 38.9 Å². The minimum absolute atomic E-state index is 0.136. The van der Waals surface area contributed by atoms with Crippen molar-refractivity contribution in [3.05, 3.63) is 94.8 Å². The van der Waals surface area contributed by atoms with Gasteiger partial charge >= 0.3 is 0 Å². The molecular weight excluding hydrogens is 415 g/mol. The van der Waals surface area contributed by atoms with Crippen LogP contribution in [0.15, 0.2) is 72.8 Å². The molecule has 0 spiro atoms. The summed E-state index contributed by atoms with van der Waals surface area (Å²) in [6.07, 6.45) is 1.12. The Morgan fingerprint density at radius 3 is 2.10 bits per heavy atom. The van der Waals surface area contributed by atoms with E-state index in [1.54, 1.807) is 36.4 Å². The number of hydrogen-bond acceptors (Lipinski definition) is 3. The highest BCUT2D eigenvalue weighted by Gasteiger charge is 2.18. The molecule has 0 aromatic heterocycles. The van der Waals surface area contributed by atoms with Crippen molar-refractivity contribution in [2.45, 2.75) is 6.54 Å². The predicted octanol–water partition coefficient (Wildman–Crippen LogP) is 4.70. The average Bonchev–Trinajstić information content (AvgIpc) is 2.68. The van der Waals surface area contributed by atoms with Gasteiger partial charge in [-0.3, -0.25) is 9.10 Å². The number of anilines is 2. The van der Waals surface area contributed by atoms with Crippen LogP contribution in [0.3, 0.4) is 0 Å². The molecule has 3 aromatic carbocycles. The van der Waals surface area contributed by atoms with Gasteiger partial charge in [-0.15, -0.1) is 0 Å². The van der Waals surface area contributed by atoms with Crippen molar-refractivity contribution in [2.24, 2.45) is 0 Å². The summed E-state index contributed by atoms with van der Waals surface area (Å²) in [5.74, 6) is -0.777. The Kier molecular flexibility index (Phi) is 6.20. The maximum atomic E-state index is 13.0. The number of hydrogen-bond donors (Lipinski definition) is 1. The number of carbonyl (C=O) groups excluding carboxylic acids is 1. The van der Waals surface area contributed by atoms with Crippen molar-refractivity contribution in [1.82, 2.24) is 0 Å². The van der Waals surface area contributed by atoms with Gasteiger partial charge in [0.05, 0.1) is 18.5 Å². The lowest BCUT2D eigenvalue weighted by atomic mass is 10.1. The topological polar surface area (TPSA) is 66.5 Å². The van der Waals surface area contributed by atoms with E-state index in [1.807, 2.05) is 0 Å². The smallest absolute Gasteiger partial charge is 0.255 e. The van der Waals surface area contributed by atoms with Gasteiger partial charge in [-0.2, -0.15) is 0 Å². The molecule has 0 atom stereocenters. The molecule has 0 heterocycles. The van der Waals surface area contributed by atoms with Gasteiger partial charge in [0.2, 0.25) is 10.0 Å². The first kappa shape index (κ1) is 20.8. The minimum atomic E-state index is -3.55. The fourth-order valence-corrected chi connectivity index (χ4v) is 3.69. The number of halogens is 2. The predicted molar refractivity (Wildman–Crippen MR) is 113 cm³/mol. The third-order valence-electron chi connectivity index (χ3n) is 4.16. The zero-order valence-electron chi connectivity index (χ0n) is 15.5. The second kappa shape index (κ2) is 8.63. The summed E-state index contributed by atoms with van der Waals surface area (Å²) in [4.78, 5) is 12.4. The molecule has 29 heavy (non-hydrogen) atoms. The number of carbonyl (C=O) groups is 1. The summed E-state index contributed by atoms with van der Waals surface area (Å²) >= 11 is 5.88. The first-order valence-corrected chi connectivity index (χ1v) is 10.8. The Bertz CT molecular complexity index is 1100. The lowest BCUT2D eigenvalue weighted by Crippen LogP contribution is -2.29. The van der Waals surface area contributed by atoms with E-state index in [2.05, 4.69) is 5.32 Å². The molecule has 0 saturated carbocycles. The van der Waals surface area contributed by atoms with Gasteiger partial charge in [0.1, 0.15) is 5.82 Å². The van der Waals surface area contributed by atoms with Gasteiger partial charge in [-0.25, -0.2) is 12.8 Å². The lowest BCUT2D eigenvalue weighted by molar-refractivity contribution is 0.102. The molecular formula is C21H18ClFN2O3S. The van der Waals surface area contributed by atoms with Crippen LogP contribution in [0.5, 0.6) is 0 Å². The average molecular weight is 433 g/mol. The normalized spacial score (nSPS) is 11.1. The van der Waals surface area contributed by atoms with Gasteiger partial charge in [0.25, 0.3) is 5.91 Å². The molecule has 0 unspecified atom stereocenters. The minimum Gasteiger partial charge on any atom is -0.322 e. The molecule has 0 aliphatic carbocycles. The molecule has 0 fully saturated rings. The summed E-state index contributed by atoms with van der Waals surface area (Å²) < 4.78 is 38.8. The standard InChI is InChI=1S/C21H18ClFN2O3S/c1-29(27,28)25(14-15-2-6-17(22)7-3-15)20-12-4-16(5-13-20)21(26)24-19-10-8-18(23)9-11-19/h2-13H,14H2,1H3,(H,24,26). The number of sulfonamides is 1. The monoisotopic (exact) mass is 432 g/mol. The highest BCUT2D eigenvalue weighted by molar-refractivity contribution is 7.92. The largest absolute Gasteiger partial charge is 0.322 e. The van der Waals surface area contributed by atoms with E-state index in [4.69, 9.17) is 11.6 Å². The maximum Gasteiger partial charge on any atom is 0.255 e. The van der Waals surface area contributed by atoms with Crippen molar-refractivity contribution in [2.75, 3.05) is 15.9 Å². The summed E-state index contributed by atoms with van der Waals surface area (Å²) in [6.45, 7) is 0.136. The highest BCUT2D eigenvalue weighted by atomic mass is 35.5. The molecule has 0 radical (unpaired) electrons. The van der Waals surface area contributed by atoms with E-state index in [0.717, 1.165) is 11.8 Å². The van der Waals surface area contributed by atoms with Crippen molar-refractivity contribution in [1.29, 1.82) is 0 Å². The third-order valence-corrected chi connectivity index (χ3v) is 5.55. The number of nitrogens with zero attached hydrogens (tertiary/aromatic N) is 1. The van der Waals surface area contributed by atoms with E-state index >= 15 is 0 Å². The molecule has 0 bridgehead atoms. The summed E-state index contributed by atoms with van der Waals surface area (Å²) in [7, 11) is -3.55. The van der Waals surface area contributed by atoms with Crippen LogP contribution in [-0.2, 0) is 16.6 Å². The first-order chi connectivity index (χ1) is 13.7. The molecule has 1 N–H and O–H groups in total. The maximum absolute atomic E-state index is 13.0. The van der Waals surface area contributed by atoms with Crippen LogP contribution in [-0.4, -0.2) is 20.6 Å². The van der Waals surface area contributed by atoms with Gasteiger partial charge in [0, 0.05) is 16.3 Å². The van der Waals surface area contributed by atoms with E-state index in [9.17, 15) is 17.6 Å². The Morgan fingerprint density at radius 2 is 1.55 bits per heavy atom. The summed E-state index contributed by atoms with van der Waals surface area (Å²) in [6, 6.07) is 18.5. The van der Waals surface area contributed by atoms with Gasteiger partial charge in [-0.05, 0) is 66.2 Å². The van der Waals surface area contributed by atoms with E-state index in [-0.39, 0.29) is 12.5 Å². The number of benzene rings is 3. The zero-order valence-corrected chi connectivity index (χ0v) is 17.0. The van der Waals surface area contributed by atoms with E-state index in [1.165, 1.54) is 40.7 Å². The SMILES string of the molecule is CS(=O)(=O)N(Cc1ccc(Cl)cc1)c1ccc(C(=O)Nc2ccc(F)cc2)cc1. The van der Waals surface area contributed by atoms with E-state index in [0.29, 0.717) is 22.0 Å².